The van der Waals surface area contributed by atoms with Crippen LogP contribution in [0.3, 0.4) is 0 Å². The Morgan fingerprint density at radius 1 is 0.337 bits per heavy atom. The number of hydrogen-bond acceptors (Lipinski definition) is 7. The van der Waals surface area contributed by atoms with E-state index in [1.165, 1.54) is 180 Å². The van der Waals surface area contributed by atoms with Crippen LogP contribution in [0.2, 0.25) is 0 Å². The van der Waals surface area contributed by atoms with Gasteiger partial charge in [-0.25, -0.2) is 4.57 Å². The van der Waals surface area contributed by atoms with Crippen molar-refractivity contribution < 1.29 is 42.1 Å². The van der Waals surface area contributed by atoms with E-state index in [1.807, 2.05) is 21.1 Å². The van der Waals surface area contributed by atoms with Crippen LogP contribution in [-0.2, 0) is 32.7 Å². The molecule has 2 atom stereocenters. The van der Waals surface area contributed by atoms with Crippen LogP contribution in [0.5, 0.6) is 0 Å². The Balaban J connectivity index is 4.00. The number of nitrogens with zero attached hydrogens (tertiary/aromatic N) is 1. The number of unbranched alkanes of at least 4 members (excludes halogenated alkanes) is 33. The monoisotopic (exact) mass is 1300 g/mol. The Kier molecular flexibility index (Phi) is 68.5. The van der Waals surface area contributed by atoms with Crippen molar-refractivity contribution in [1.82, 2.24) is 0 Å². The lowest BCUT2D eigenvalue weighted by molar-refractivity contribution is -0.870. The molecule has 0 aromatic rings. The van der Waals surface area contributed by atoms with E-state index in [0.717, 1.165) is 109 Å². The van der Waals surface area contributed by atoms with E-state index in [-0.39, 0.29) is 32.0 Å². The van der Waals surface area contributed by atoms with Crippen LogP contribution in [-0.4, -0.2) is 74.9 Å². The highest BCUT2D eigenvalue weighted by molar-refractivity contribution is 7.47. The molecule has 1 N–H and O–H groups in total. The third-order valence-corrected chi connectivity index (χ3v) is 17.2. The smallest absolute Gasteiger partial charge is 0.462 e. The van der Waals surface area contributed by atoms with Crippen LogP contribution in [0.4, 0.5) is 0 Å². The summed E-state index contributed by atoms with van der Waals surface area (Å²) >= 11 is 0. The van der Waals surface area contributed by atoms with Gasteiger partial charge in [0.05, 0.1) is 27.7 Å². The average molecular weight is 1300 g/mol. The molecule has 2 unspecified atom stereocenters. The fourth-order valence-corrected chi connectivity index (χ4v) is 11.2. The number of carbonyl (C=O) groups excluding carboxylic acids is 2. The highest BCUT2D eigenvalue weighted by Gasteiger charge is 2.27. The molecule has 0 rings (SSSR count). The number of hydrogen-bond donors (Lipinski definition) is 1. The van der Waals surface area contributed by atoms with E-state index in [0.29, 0.717) is 17.4 Å². The molecule has 0 saturated heterocycles. The number of quaternary nitrogens is 1. The number of phosphoric ester groups is 1. The van der Waals surface area contributed by atoms with E-state index < -0.39 is 26.5 Å². The molecule has 0 aliphatic carbocycles. The van der Waals surface area contributed by atoms with Crippen LogP contribution in [0, 0.1) is 0 Å². The number of carbonyl (C=O) groups is 2. The van der Waals surface area contributed by atoms with E-state index >= 15 is 0 Å². The second-order valence-corrected chi connectivity index (χ2v) is 27.7. The maximum Gasteiger partial charge on any atom is 0.472 e. The molecule has 0 aromatic carbocycles. The van der Waals surface area contributed by atoms with Crippen LogP contribution in [0.25, 0.3) is 0 Å². The quantitative estimate of drug-likeness (QED) is 0.0211. The van der Waals surface area contributed by atoms with Crippen molar-refractivity contribution in [3.63, 3.8) is 0 Å². The summed E-state index contributed by atoms with van der Waals surface area (Å²) in [6, 6.07) is 0. The summed E-state index contributed by atoms with van der Waals surface area (Å²) in [6.07, 6.45) is 104. The van der Waals surface area contributed by atoms with Gasteiger partial charge in [0.1, 0.15) is 19.8 Å². The number of ether oxygens (including phenoxy) is 2. The minimum Gasteiger partial charge on any atom is -0.462 e. The third kappa shape index (κ3) is 75.2. The first-order chi connectivity index (χ1) is 45.0. The summed E-state index contributed by atoms with van der Waals surface area (Å²) in [7, 11) is 1.48. The third-order valence-electron chi connectivity index (χ3n) is 16.2. The summed E-state index contributed by atoms with van der Waals surface area (Å²) in [6.45, 7) is 4.23. The Labute approximate surface area is 568 Å². The Hall–Kier alpha value is -3.85. The SMILES string of the molecule is CC/C=C\C/C=C\C/C=C\C/C=C\C/C=C\C/C=C\CCCCCCCCCCCCCCCCC(=O)OC(COC(=O)CCCCCCCCCCCCCCCCCCCCC/C=C\C/C=C\C/C=C\C/C=C\C/C=C\CC)COP(=O)(O)OCC[N+](C)(C)C. The molecule has 0 heterocycles. The van der Waals surface area contributed by atoms with Gasteiger partial charge in [0.2, 0.25) is 0 Å². The number of esters is 2. The lowest BCUT2D eigenvalue weighted by Crippen LogP contribution is -2.37. The maximum absolute atomic E-state index is 12.9. The van der Waals surface area contributed by atoms with Gasteiger partial charge < -0.3 is 18.9 Å². The van der Waals surface area contributed by atoms with Gasteiger partial charge in [-0.05, 0) is 109 Å². The molecule has 0 amide bonds. The minimum atomic E-state index is -4.40. The molecule has 0 spiro atoms. The zero-order chi connectivity index (χ0) is 66.9. The minimum absolute atomic E-state index is 0.0283. The van der Waals surface area contributed by atoms with E-state index in [9.17, 15) is 19.0 Å². The van der Waals surface area contributed by atoms with E-state index in [2.05, 4.69) is 148 Å². The fourth-order valence-electron chi connectivity index (χ4n) is 10.5. The zero-order valence-electron chi connectivity index (χ0n) is 60.2. The van der Waals surface area contributed by atoms with Crippen molar-refractivity contribution in [2.75, 3.05) is 47.5 Å². The maximum atomic E-state index is 12.9. The van der Waals surface area contributed by atoms with Crippen molar-refractivity contribution >= 4 is 19.8 Å². The van der Waals surface area contributed by atoms with Crippen molar-refractivity contribution in [1.29, 1.82) is 0 Å². The standard InChI is InChI=1S/C82H142NO8P/c1-6-8-10-12-14-16-18-20-22-24-26-28-30-32-34-36-38-40-41-43-44-46-48-50-52-54-56-58-60-62-64-66-68-70-72-74-81(84)88-78-80(79-90-92(86,87)89-77-76-83(3,4)5)91-82(85)75-73-71-69-67-65-63-61-59-57-55-53-51-49-47-45-42-39-37-35-33-31-29-27-25-23-21-19-17-15-13-11-9-7-2/h8-11,14-17,20-23,26-29,32-35,39,42,80H,6-7,12-13,18-19,24-25,30-31,36-38,40-41,43-79H2,1-5H3/p+1/b10-8-,11-9-,16-14-,17-15-,22-20-,23-21-,28-26-,29-27-,34-32-,35-33-,42-39-. The second-order valence-electron chi connectivity index (χ2n) is 26.3. The van der Waals surface area contributed by atoms with E-state index in [4.69, 9.17) is 18.5 Å². The molecule has 0 aromatic heterocycles. The second kappa shape index (κ2) is 71.4. The topological polar surface area (TPSA) is 108 Å². The van der Waals surface area contributed by atoms with Crippen LogP contribution < -0.4 is 0 Å². The van der Waals surface area contributed by atoms with Gasteiger partial charge in [0, 0.05) is 12.8 Å². The summed E-state index contributed by atoms with van der Waals surface area (Å²) in [5, 5.41) is 0. The fraction of sp³-hybridized carbons (Fsp3) is 0.707. The molecule has 9 nitrogen and oxygen atoms in total. The first-order valence-corrected chi connectivity index (χ1v) is 39.4. The number of rotatable bonds is 69. The molecule has 528 valence electrons. The van der Waals surface area contributed by atoms with Gasteiger partial charge in [-0.15, -0.1) is 0 Å². The molecule has 92 heavy (non-hydrogen) atoms. The van der Waals surface area contributed by atoms with Gasteiger partial charge in [-0.3, -0.25) is 18.6 Å². The molecule has 0 saturated carbocycles. The molecule has 10 heteroatoms. The van der Waals surface area contributed by atoms with Gasteiger partial charge in [-0.1, -0.05) is 334 Å². The van der Waals surface area contributed by atoms with Gasteiger partial charge in [0.15, 0.2) is 6.10 Å². The predicted molar refractivity (Wildman–Crippen MR) is 399 cm³/mol. The number of likely N-dealkylation sites (N-methyl/N-ethyl adjacent to an activating group) is 1. The van der Waals surface area contributed by atoms with Crippen molar-refractivity contribution in [3.8, 4) is 0 Å². The lowest BCUT2D eigenvalue weighted by atomic mass is 10.0. The molecule has 0 radical (unpaired) electrons. The Morgan fingerprint density at radius 2 is 0.587 bits per heavy atom. The highest BCUT2D eigenvalue weighted by Crippen LogP contribution is 2.43. The van der Waals surface area contributed by atoms with Gasteiger partial charge >= 0.3 is 19.8 Å². The average Bonchev–Trinajstić information content (AvgIpc) is 2.23. The van der Waals surface area contributed by atoms with Crippen LogP contribution >= 0.6 is 7.82 Å². The molecule has 0 aliphatic rings. The largest absolute Gasteiger partial charge is 0.472 e. The first-order valence-electron chi connectivity index (χ1n) is 37.9. The zero-order valence-corrected chi connectivity index (χ0v) is 61.1. The molecular weight excluding hydrogens is 1160 g/mol. The molecule has 0 bridgehead atoms. The molecular formula is C82H143NO8P+. The highest BCUT2D eigenvalue weighted by atomic mass is 31.2. The van der Waals surface area contributed by atoms with Gasteiger partial charge in [-0.2, -0.15) is 0 Å². The Bertz CT molecular complexity index is 2020. The normalized spacial score (nSPS) is 13.8. The van der Waals surface area contributed by atoms with Crippen molar-refractivity contribution in [2.45, 2.75) is 328 Å². The molecule has 0 fully saturated rings. The Morgan fingerprint density at radius 3 is 0.870 bits per heavy atom. The first kappa shape index (κ1) is 88.2. The summed E-state index contributed by atoms with van der Waals surface area (Å²) in [5.41, 5.74) is 0. The number of phosphoric acid groups is 1. The predicted octanol–water partition coefficient (Wildman–Crippen LogP) is 25.2. The number of allylic oxidation sites excluding steroid dienone is 22. The summed E-state index contributed by atoms with van der Waals surface area (Å²) in [4.78, 5) is 36.0. The summed E-state index contributed by atoms with van der Waals surface area (Å²) < 4.78 is 34.8. The van der Waals surface area contributed by atoms with Crippen LogP contribution in [0.15, 0.2) is 134 Å². The summed E-state index contributed by atoms with van der Waals surface area (Å²) in [5.74, 6) is -0.791. The molecule has 0 aliphatic heterocycles. The van der Waals surface area contributed by atoms with Crippen molar-refractivity contribution in [2.24, 2.45) is 0 Å². The van der Waals surface area contributed by atoms with Gasteiger partial charge in [0.25, 0.3) is 0 Å². The lowest BCUT2D eigenvalue weighted by Gasteiger charge is -2.24. The van der Waals surface area contributed by atoms with Crippen molar-refractivity contribution in [3.05, 3.63) is 134 Å². The van der Waals surface area contributed by atoms with E-state index in [1.54, 1.807) is 0 Å². The van der Waals surface area contributed by atoms with Crippen LogP contribution in [0.1, 0.15) is 322 Å².